The van der Waals surface area contributed by atoms with Crippen molar-refractivity contribution in [3.05, 3.63) is 56.5 Å². The molecule has 7 nitrogen and oxygen atoms in total. The second kappa shape index (κ2) is 3.83. The molecule has 7 heteroatoms. The average molecular weight is 270 g/mol. The summed E-state index contributed by atoms with van der Waals surface area (Å²) >= 11 is 0. The molecule has 3 heterocycles. The number of nitrogens with one attached hydrogen (secondary N) is 3. The minimum atomic E-state index is -0.566. The number of hydrogen-bond donors (Lipinski definition) is 3. The predicted molar refractivity (Wildman–Crippen MR) is 71.1 cm³/mol. The number of para-hydroxylation sites is 1. The van der Waals surface area contributed by atoms with Crippen LogP contribution in [-0.2, 0) is 0 Å². The number of fused-ring (bicyclic) bond motifs is 2. The van der Waals surface area contributed by atoms with Crippen molar-refractivity contribution < 1.29 is 4.74 Å². The van der Waals surface area contributed by atoms with E-state index in [0.717, 1.165) is 11.3 Å². The van der Waals surface area contributed by atoms with Gasteiger partial charge >= 0.3 is 5.69 Å². The van der Waals surface area contributed by atoms with Crippen LogP contribution in [0.4, 0.5) is 0 Å². The molecule has 4 rings (SSSR count). The molecular formula is C13H10N4O3. The highest BCUT2D eigenvalue weighted by molar-refractivity contribution is 5.69. The summed E-state index contributed by atoms with van der Waals surface area (Å²) in [7, 11) is 0. The molecule has 0 fully saturated rings. The summed E-state index contributed by atoms with van der Waals surface area (Å²) in [5, 5.41) is 0. The van der Waals surface area contributed by atoms with E-state index in [1.165, 1.54) is 0 Å². The zero-order chi connectivity index (χ0) is 13.7. The van der Waals surface area contributed by atoms with Gasteiger partial charge in [-0.2, -0.15) is 0 Å². The Kier molecular flexibility index (Phi) is 2.11. The summed E-state index contributed by atoms with van der Waals surface area (Å²) in [5.74, 6) is 1.36. The summed E-state index contributed by atoms with van der Waals surface area (Å²) in [5.41, 5.74) is 0.505. The van der Waals surface area contributed by atoms with Gasteiger partial charge in [-0.1, -0.05) is 18.2 Å². The predicted octanol–water partition coefficient (Wildman–Crippen LogP) is 0.464. The molecule has 0 amide bonds. The Morgan fingerprint density at radius 2 is 2.00 bits per heavy atom. The van der Waals surface area contributed by atoms with E-state index in [-0.39, 0.29) is 17.1 Å². The number of benzene rings is 1. The standard InChI is InChI=1S/C13H10N4O3/c18-12-9-11(16-13(19)17-12)15-10(14-9)7-5-20-8-4-2-1-3-6(7)8/h1-4,7H,5H2,(H3,14,15,16,17,18,19). The highest BCUT2D eigenvalue weighted by Crippen LogP contribution is 2.36. The molecule has 1 aliphatic rings. The van der Waals surface area contributed by atoms with Gasteiger partial charge in [0.1, 0.15) is 23.7 Å². The van der Waals surface area contributed by atoms with Gasteiger partial charge in [-0.15, -0.1) is 0 Å². The second-order valence-electron chi connectivity index (χ2n) is 4.66. The van der Waals surface area contributed by atoms with Crippen molar-refractivity contribution in [1.82, 2.24) is 19.9 Å². The molecule has 0 spiro atoms. The number of H-pyrrole nitrogens is 3. The van der Waals surface area contributed by atoms with Crippen LogP contribution in [0.2, 0.25) is 0 Å². The van der Waals surface area contributed by atoms with Crippen molar-refractivity contribution in [2.24, 2.45) is 0 Å². The molecule has 3 N–H and O–H groups in total. The lowest BCUT2D eigenvalue weighted by atomic mass is 10.0. The number of rotatable bonds is 1. The molecule has 1 atom stereocenters. The summed E-state index contributed by atoms with van der Waals surface area (Å²) in [6.07, 6.45) is 0. The van der Waals surface area contributed by atoms with Gasteiger partial charge in [-0.25, -0.2) is 9.78 Å². The van der Waals surface area contributed by atoms with Gasteiger partial charge in [-0.3, -0.25) is 14.8 Å². The SMILES string of the molecule is O=c1[nH]c(=O)c2[nH]c(C3COc4ccccc43)nc2[nH]1. The van der Waals surface area contributed by atoms with Gasteiger partial charge < -0.3 is 9.72 Å². The molecule has 0 bridgehead atoms. The molecule has 0 saturated heterocycles. The molecule has 1 aliphatic heterocycles. The maximum Gasteiger partial charge on any atom is 0.327 e. The second-order valence-corrected chi connectivity index (χ2v) is 4.66. The van der Waals surface area contributed by atoms with E-state index in [0.29, 0.717) is 12.4 Å². The first-order valence-electron chi connectivity index (χ1n) is 6.16. The molecule has 2 aromatic heterocycles. The Balaban J connectivity index is 1.90. The van der Waals surface area contributed by atoms with Crippen molar-refractivity contribution in [3.63, 3.8) is 0 Å². The molecule has 1 unspecified atom stereocenters. The van der Waals surface area contributed by atoms with E-state index >= 15 is 0 Å². The maximum absolute atomic E-state index is 11.7. The third kappa shape index (κ3) is 1.49. The average Bonchev–Trinajstić information content (AvgIpc) is 3.01. The first-order chi connectivity index (χ1) is 9.72. The lowest BCUT2D eigenvalue weighted by molar-refractivity contribution is 0.340. The third-order valence-corrected chi connectivity index (χ3v) is 3.44. The molecule has 0 radical (unpaired) electrons. The lowest BCUT2D eigenvalue weighted by Gasteiger charge is -2.03. The maximum atomic E-state index is 11.7. The van der Waals surface area contributed by atoms with Crippen molar-refractivity contribution >= 4 is 11.2 Å². The topological polar surface area (TPSA) is 104 Å². The fourth-order valence-electron chi connectivity index (χ4n) is 2.50. The molecule has 20 heavy (non-hydrogen) atoms. The largest absolute Gasteiger partial charge is 0.492 e. The first kappa shape index (κ1) is 11.0. The van der Waals surface area contributed by atoms with Gasteiger partial charge in [0.2, 0.25) is 0 Å². The Labute approximate surface area is 111 Å². The van der Waals surface area contributed by atoms with E-state index < -0.39 is 11.2 Å². The molecule has 1 aromatic carbocycles. The fraction of sp³-hybridized carbons (Fsp3) is 0.154. The number of hydrogen-bond acceptors (Lipinski definition) is 4. The summed E-state index contributed by atoms with van der Waals surface area (Å²) in [6, 6.07) is 7.69. The summed E-state index contributed by atoms with van der Waals surface area (Å²) in [4.78, 5) is 34.9. The minimum absolute atomic E-state index is 0.0681. The zero-order valence-electron chi connectivity index (χ0n) is 10.3. The van der Waals surface area contributed by atoms with Crippen LogP contribution in [0, 0.1) is 0 Å². The number of aromatic amines is 3. The van der Waals surface area contributed by atoms with Gasteiger partial charge in [-0.05, 0) is 6.07 Å². The zero-order valence-corrected chi connectivity index (χ0v) is 10.3. The van der Waals surface area contributed by atoms with E-state index in [2.05, 4.69) is 19.9 Å². The molecule has 0 aliphatic carbocycles. The van der Waals surface area contributed by atoms with Crippen LogP contribution < -0.4 is 16.0 Å². The van der Waals surface area contributed by atoms with Gasteiger partial charge in [0.25, 0.3) is 5.56 Å². The number of aromatic nitrogens is 4. The number of nitrogens with zero attached hydrogens (tertiary/aromatic N) is 1. The molecular weight excluding hydrogens is 260 g/mol. The third-order valence-electron chi connectivity index (χ3n) is 3.44. The Morgan fingerprint density at radius 3 is 2.90 bits per heavy atom. The van der Waals surface area contributed by atoms with Crippen LogP contribution in [0.5, 0.6) is 5.75 Å². The van der Waals surface area contributed by atoms with Crippen LogP contribution in [-0.4, -0.2) is 26.5 Å². The van der Waals surface area contributed by atoms with Crippen LogP contribution in [0.15, 0.2) is 33.9 Å². The Morgan fingerprint density at radius 1 is 1.15 bits per heavy atom. The minimum Gasteiger partial charge on any atom is -0.492 e. The monoisotopic (exact) mass is 270 g/mol. The Hall–Kier alpha value is -2.83. The van der Waals surface area contributed by atoms with E-state index in [1.54, 1.807) is 0 Å². The van der Waals surface area contributed by atoms with Crippen LogP contribution in [0.3, 0.4) is 0 Å². The molecule has 0 saturated carbocycles. The first-order valence-corrected chi connectivity index (χ1v) is 6.16. The fourth-order valence-corrected chi connectivity index (χ4v) is 2.50. The summed E-state index contributed by atoms with van der Waals surface area (Å²) < 4.78 is 5.60. The van der Waals surface area contributed by atoms with Crippen molar-refractivity contribution in [2.45, 2.75) is 5.92 Å². The van der Waals surface area contributed by atoms with Crippen molar-refractivity contribution in [1.29, 1.82) is 0 Å². The Bertz CT molecular complexity index is 921. The van der Waals surface area contributed by atoms with Crippen LogP contribution in [0.25, 0.3) is 11.2 Å². The highest BCUT2D eigenvalue weighted by Gasteiger charge is 2.28. The smallest absolute Gasteiger partial charge is 0.327 e. The van der Waals surface area contributed by atoms with E-state index in [1.807, 2.05) is 24.3 Å². The van der Waals surface area contributed by atoms with E-state index in [9.17, 15) is 9.59 Å². The van der Waals surface area contributed by atoms with Gasteiger partial charge in [0.05, 0.1) is 5.92 Å². The van der Waals surface area contributed by atoms with Crippen molar-refractivity contribution in [3.8, 4) is 5.75 Å². The molecule has 100 valence electrons. The van der Waals surface area contributed by atoms with Gasteiger partial charge in [0.15, 0.2) is 5.65 Å². The van der Waals surface area contributed by atoms with Crippen molar-refractivity contribution in [2.75, 3.05) is 6.61 Å². The quantitative estimate of drug-likeness (QED) is 0.597. The molecule has 3 aromatic rings. The van der Waals surface area contributed by atoms with Gasteiger partial charge in [0, 0.05) is 5.56 Å². The lowest BCUT2D eigenvalue weighted by Crippen LogP contribution is -2.21. The number of imidazole rings is 1. The highest BCUT2D eigenvalue weighted by atomic mass is 16.5. The van der Waals surface area contributed by atoms with Crippen LogP contribution >= 0.6 is 0 Å². The van der Waals surface area contributed by atoms with E-state index in [4.69, 9.17) is 4.74 Å². The normalized spacial score (nSPS) is 17.1. The summed E-state index contributed by atoms with van der Waals surface area (Å²) in [6.45, 7) is 0.460. The number of ether oxygens (including phenoxy) is 1. The van der Waals surface area contributed by atoms with Crippen LogP contribution in [0.1, 0.15) is 17.3 Å².